The van der Waals surface area contributed by atoms with Gasteiger partial charge in [0.05, 0.1) is 6.10 Å². The van der Waals surface area contributed by atoms with Crippen molar-refractivity contribution in [3.8, 4) is 0 Å². The zero-order chi connectivity index (χ0) is 14.6. The third kappa shape index (κ3) is 7.61. The second kappa shape index (κ2) is 11.5. The molecule has 0 radical (unpaired) electrons. The fourth-order valence-electron chi connectivity index (χ4n) is 3.04. The van der Waals surface area contributed by atoms with E-state index in [2.05, 4.69) is 19.3 Å². The van der Waals surface area contributed by atoms with Crippen LogP contribution in [0.3, 0.4) is 0 Å². The van der Waals surface area contributed by atoms with Crippen LogP contribution in [0.25, 0.3) is 0 Å². The summed E-state index contributed by atoms with van der Waals surface area (Å²) in [5.74, 6) is 6.49. The van der Waals surface area contributed by atoms with Gasteiger partial charge in [-0.25, -0.2) is 0 Å². The van der Waals surface area contributed by atoms with Crippen molar-refractivity contribution in [1.82, 2.24) is 5.43 Å². The topological polar surface area (TPSA) is 47.3 Å². The molecule has 1 aliphatic carbocycles. The summed E-state index contributed by atoms with van der Waals surface area (Å²) >= 11 is 0. The Kier molecular flexibility index (Phi) is 10.3. The summed E-state index contributed by atoms with van der Waals surface area (Å²) in [6.45, 7) is 5.16. The van der Waals surface area contributed by atoms with Gasteiger partial charge in [-0.1, -0.05) is 58.3 Å². The number of hydrogen-bond acceptors (Lipinski definition) is 3. The predicted octanol–water partition coefficient (Wildman–Crippen LogP) is 4.16. The third-order valence-corrected chi connectivity index (χ3v) is 4.43. The van der Waals surface area contributed by atoms with Crippen LogP contribution in [-0.2, 0) is 4.74 Å². The SMILES string of the molecule is CCCCCCCCCCC(NN)C(OCC)C1CC1. The van der Waals surface area contributed by atoms with Crippen molar-refractivity contribution in [2.24, 2.45) is 11.8 Å². The zero-order valence-corrected chi connectivity index (χ0v) is 13.7. The van der Waals surface area contributed by atoms with Crippen LogP contribution in [0.1, 0.15) is 84.5 Å². The van der Waals surface area contributed by atoms with Crippen LogP contribution in [0, 0.1) is 5.92 Å². The molecule has 0 heterocycles. The number of ether oxygens (including phenoxy) is 1. The van der Waals surface area contributed by atoms with Crippen LogP contribution < -0.4 is 11.3 Å². The average Bonchev–Trinajstić information content (AvgIpc) is 3.28. The van der Waals surface area contributed by atoms with Gasteiger partial charge in [-0.3, -0.25) is 11.3 Å². The van der Waals surface area contributed by atoms with Gasteiger partial charge < -0.3 is 4.74 Å². The maximum absolute atomic E-state index is 5.90. The molecule has 3 heteroatoms. The molecular formula is C17H36N2O. The van der Waals surface area contributed by atoms with Gasteiger partial charge in [0.1, 0.15) is 0 Å². The Bertz CT molecular complexity index is 219. The maximum Gasteiger partial charge on any atom is 0.0769 e. The third-order valence-electron chi connectivity index (χ3n) is 4.43. The van der Waals surface area contributed by atoms with Gasteiger partial charge in [-0.05, 0) is 32.1 Å². The molecule has 0 bridgehead atoms. The summed E-state index contributed by atoms with van der Waals surface area (Å²) < 4.78 is 5.90. The largest absolute Gasteiger partial charge is 0.377 e. The Morgan fingerprint density at radius 2 is 1.60 bits per heavy atom. The minimum absolute atomic E-state index is 0.342. The maximum atomic E-state index is 5.90. The van der Waals surface area contributed by atoms with E-state index in [4.69, 9.17) is 10.6 Å². The van der Waals surface area contributed by atoms with E-state index >= 15 is 0 Å². The number of nitrogens with one attached hydrogen (secondary N) is 1. The molecule has 0 aromatic rings. The van der Waals surface area contributed by atoms with Crippen LogP contribution in [0.4, 0.5) is 0 Å². The van der Waals surface area contributed by atoms with E-state index in [0.29, 0.717) is 12.1 Å². The molecule has 2 atom stereocenters. The van der Waals surface area contributed by atoms with E-state index in [1.165, 1.54) is 64.2 Å². The summed E-state index contributed by atoms with van der Waals surface area (Å²) in [6, 6.07) is 0.350. The van der Waals surface area contributed by atoms with Gasteiger partial charge >= 0.3 is 0 Å². The molecule has 0 spiro atoms. The van der Waals surface area contributed by atoms with E-state index in [1.807, 2.05) is 0 Å². The molecule has 0 aliphatic heterocycles. The lowest BCUT2D eigenvalue weighted by Crippen LogP contribution is -2.46. The highest BCUT2D eigenvalue weighted by Crippen LogP contribution is 2.36. The molecule has 1 saturated carbocycles. The Balaban J connectivity index is 2.05. The van der Waals surface area contributed by atoms with E-state index in [0.717, 1.165) is 18.9 Å². The Morgan fingerprint density at radius 1 is 1.00 bits per heavy atom. The first-order chi connectivity index (χ1) is 9.83. The lowest BCUT2D eigenvalue weighted by molar-refractivity contribution is 0.0163. The Labute approximate surface area is 126 Å². The molecule has 2 unspecified atom stereocenters. The Morgan fingerprint density at radius 3 is 2.10 bits per heavy atom. The number of unbranched alkanes of at least 4 members (excludes halogenated alkanes) is 7. The van der Waals surface area contributed by atoms with Crippen molar-refractivity contribution in [1.29, 1.82) is 0 Å². The van der Waals surface area contributed by atoms with E-state index in [-0.39, 0.29) is 0 Å². The van der Waals surface area contributed by atoms with Crippen LogP contribution in [0.15, 0.2) is 0 Å². The van der Waals surface area contributed by atoms with Gasteiger partial charge in [-0.2, -0.15) is 0 Å². The van der Waals surface area contributed by atoms with Gasteiger partial charge in [0.2, 0.25) is 0 Å². The minimum Gasteiger partial charge on any atom is -0.377 e. The highest BCUT2D eigenvalue weighted by atomic mass is 16.5. The van der Waals surface area contributed by atoms with Crippen LogP contribution >= 0.6 is 0 Å². The molecule has 0 aromatic carbocycles. The van der Waals surface area contributed by atoms with E-state index < -0.39 is 0 Å². The second-order valence-electron chi connectivity index (χ2n) is 6.29. The lowest BCUT2D eigenvalue weighted by Gasteiger charge is -2.26. The van der Waals surface area contributed by atoms with E-state index in [1.54, 1.807) is 0 Å². The quantitative estimate of drug-likeness (QED) is 0.286. The molecule has 20 heavy (non-hydrogen) atoms. The minimum atomic E-state index is 0.342. The number of hydrazine groups is 1. The standard InChI is InChI=1S/C17H36N2O/c1-3-5-6-7-8-9-10-11-12-16(19-18)17(20-4-2)15-13-14-15/h15-17,19H,3-14,18H2,1-2H3. The average molecular weight is 284 g/mol. The molecule has 120 valence electrons. The summed E-state index contributed by atoms with van der Waals surface area (Å²) in [6.07, 6.45) is 15.1. The molecular weight excluding hydrogens is 248 g/mol. The molecule has 0 aromatic heterocycles. The first-order valence-corrected chi connectivity index (χ1v) is 8.91. The van der Waals surface area contributed by atoms with Gasteiger partial charge in [-0.15, -0.1) is 0 Å². The first-order valence-electron chi connectivity index (χ1n) is 8.91. The number of hydrogen-bond donors (Lipinski definition) is 2. The molecule has 1 rings (SSSR count). The Hall–Kier alpha value is -0.120. The van der Waals surface area contributed by atoms with Crippen molar-refractivity contribution in [2.75, 3.05) is 6.61 Å². The van der Waals surface area contributed by atoms with Crippen LogP contribution in [0.5, 0.6) is 0 Å². The molecule has 1 aliphatic rings. The first kappa shape index (κ1) is 17.9. The fraction of sp³-hybridized carbons (Fsp3) is 1.00. The van der Waals surface area contributed by atoms with Crippen LogP contribution in [0.2, 0.25) is 0 Å². The zero-order valence-electron chi connectivity index (χ0n) is 13.7. The smallest absolute Gasteiger partial charge is 0.0769 e. The van der Waals surface area contributed by atoms with Crippen LogP contribution in [-0.4, -0.2) is 18.8 Å². The highest BCUT2D eigenvalue weighted by molar-refractivity contribution is 4.89. The number of nitrogens with two attached hydrogens (primary N) is 1. The van der Waals surface area contributed by atoms with Crippen molar-refractivity contribution >= 4 is 0 Å². The second-order valence-corrected chi connectivity index (χ2v) is 6.29. The van der Waals surface area contributed by atoms with Crippen molar-refractivity contribution in [3.05, 3.63) is 0 Å². The number of rotatable bonds is 14. The summed E-state index contributed by atoms with van der Waals surface area (Å²) in [5.41, 5.74) is 3.00. The molecule has 1 fully saturated rings. The summed E-state index contributed by atoms with van der Waals surface area (Å²) in [7, 11) is 0. The van der Waals surface area contributed by atoms with Gasteiger partial charge in [0, 0.05) is 12.6 Å². The summed E-state index contributed by atoms with van der Waals surface area (Å²) in [4.78, 5) is 0. The monoisotopic (exact) mass is 284 g/mol. The molecule has 0 saturated heterocycles. The predicted molar refractivity (Wildman–Crippen MR) is 86.5 cm³/mol. The van der Waals surface area contributed by atoms with Crippen molar-refractivity contribution in [3.63, 3.8) is 0 Å². The fourth-order valence-corrected chi connectivity index (χ4v) is 3.04. The lowest BCUT2D eigenvalue weighted by atomic mass is 9.99. The highest BCUT2D eigenvalue weighted by Gasteiger charge is 2.36. The molecule has 0 amide bonds. The van der Waals surface area contributed by atoms with Crippen molar-refractivity contribution in [2.45, 2.75) is 96.6 Å². The van der Waals surface area contributed by atoms with Gasteiger partial charge in [0.15, 0.2) is 0 Å². The van der Waals surface area contributed by atoms with Crippen molar-refractivity contribution < 1.29 is 4.74 Å². The molecule has 3 nitrogen and oxygen atoms in total. The normalized spacial score (nSPS) is 18.1. The summed E-state index contributed by atoms with van der Waals surface area (Å²) in [5, 5.41) is 0. The molecule has 3 N–H and O–H groups in total. The van der Waals surface area contributed by atoms with Gasteiger partial charge in [0.25, 0.3) is 0 Å². The van der Waals surface area contributed by atoms with E-state index in [9.17, 15) is 0 Å².